The van der Waals surface area contributed by atoms with Crippen LogP contribution in [0.4, 0.5) is 0 Å². The summed E-state index contributed by atoms with van der Waals surface area (Å²) < 4.78 is 10.9. The van der Waals surface area contributed by atoms with Gasteiger partial charge in [-0.05, 0) is 12.8 Å². The monoisotopic (exact) mass is 281 g/mol. The number of carbonyl (C=O) groups excluding carboxylic acids is 1. The van der Waals surface area contributed by atoms with E-state index in [-0.39, 0.29) is 12.2 Å². The second kappa shape index (κ2) is 10.4. The lowest BCUT2D eigenvalue weighted by molar-refractivity contribution is -0.144. The van der Waals surface area contributed by atoms with Crippen molar-refractivity contribution in [3.05, 3.63) is 0 Å². The van der Waals surface area contributed by atoms with E-state index in [9.17, 15) is 4.79 Å². The van der Waals surface area contributed by atoms with Crippen molar-refractivity contribution in [2.24, 2.45) is 0 Å². The molecule has 1 amide bonds. The Bertz CT molecular complexity index is 159. The molecule has 0 spiro atoms. The molecule has 90 valence electrons. The Labute approximate surface area is 99.8 Å². The molecule has 0 aromatic heterocycles. The number of rotatable bonds is 9. The summed E-state index contributed by atoms with van der Waals surface area (Å²) in [6.45, 7) is 5.78. The Morgan fingerprint density at radius 2 is 1.80 bits per heavy atom. The van der Waals surface area contributed by atoms with E-state index in [0.29, 0.717) is 25.1 Å². The molecular weight excluding hydrogens is 262 g/mol. The van der Waals surface area contributed by atoms with Crippen LogP contribution in [0.1, 0.15) is 26.7 Å². The molecule has 1 N–H and O–H groups in total. The van der Waals surface area contributed by atoms with E-state index in [1.165, 1.54) is 0 Å². The first-order valence-electron chi connectivity index (χ1n) is 5.30. The van der Waals surface area contributed by atoms with Gasteiger partial charge in [-0.2, -0.15) is 0 Å². The van der Waals surface area contributed by atoms with Gasteiger partial charge in [-0.1, -0.05) is 29.8 Å². The van der Waals surface area contributed by atoms with Crippen LogP contribution in [0.2, 0.25) is 0 Å². The van der Waals surface area contributed by atoms with Crippen molar-refractivity contribution in [1.29, 1.82) is 0 Å². The third-order valence-corrected chi connectivity index (χ3v) is 2.11. The number of hydrogen-bond acceptors (Lipinski definition) is 3. The number of nitrogens with one attached hydrogen (secondary N) is 1. The second-order valence-corrected chi connectivity index (χ2v) is 3.67. The molecule has 0 aromatic carbocycles. The number of hydrogen-bond donors (Lipinski definition) is 1. The van der Waals surface area contributed by atoms with Crippen molar-refractivity contribution in [2.45, 2.75) is 33.0 Å². The average molecular weight is 282 g/mol. The molecule has 0 aliphatic carbocycles. The first-order chi connectivity index (χ1) is 7.24. The van der Waals surface area contributed by atoms with Gasteiger partial charge in [0.25, 0.3) is 0 Å². The molecule has 0 aliphatic heterocycles. The molecule has 0 bridgehead atoms. The lowest BCUT2D eigenvalue weighted by Crippen LogP contribution is -2.36. The van der Waals surface area contributed by atoms with Crippen LogP contribution < -0.4 is 5.32 Å². The standard InChI is InChI=1S/C10H20BrNO3/c1-3-5-14-10(15-6-4-2)8-12-9(13)7-11/h10H,3-8H2,1-2H3,(H,12,13). The first-order valence-corrected chi connectivity index (χ1v) is 6.42. The van der Waals surface area contributed by atoms with Crippen molar-refractivity contribution >= 4 is 21.8 Å². The van der Waals surface area contributed by atoms with Crippen LogP contribution in [-0.4, -0.2) is 37.3 Å². The number of halogens is 1. The lowest BCUT2D eigenvalue weighted by atomic mass is 10.5. The zero-order chi connectivity index (χ0) is 11.5. The summed E-state index contributed by atoms with van der Waals surface area (Å²) in [5, 5.41) is 3.02. The van der Waals surface area contributed by atoms with Crippen LogP contribution >= 0.6 is 15.9 Å². The van der Waals surface area contributed by atoms with Gasteiger partial charge in [-0.25, -0.2) is 0 Å². The minimum atomic E-state index is -0.326. The van der Waals surface area contributed by atoms with Crippen molar-refractivity contribution in [3.63, 3.8) is 0 Å². The summed E-state index contributed by atoms with van der Waals surface area (Å²) in [5.41, 5.74) is 0. The molecule has 0 aromatic rings. The fraction of sp³-hybridized carbons (Fsp3) is 0.900. The molecule has 0 rings (SSSR count). The molecule has 5 heteroatoms. The van der Waals surface area contributed by atoms with E-state index in [2.05, 4.69) is 21.2 Å². The Hall–Kier alpha value is -0.130. The molecule has 0 saturated carbocycles. The average Bonchev–Trinajstić information content (AvgIpc) is 2.27. The number of carbonyl (C=O) groups is 1. The van der Waals surface area contributed by atoms with Gasteiger partial charge in [-0.3, -0.25) is 4.79 Å². The van der Waals surface area contributed by atoms with Crippen molar-refractivity contribution in [2.75, 3.05) is 25.1 Å². The molecule has 0 heterocycles. The first kappa shape index (κ1) is 14.9. The van der Waals surface area contributed by atoms with Gasteiger partial charge in [0.1, 0.15) is 0 Å². The fourth-order valence-corrected chi connectivity index (χ4v) is 1.11. The molecule has 0 radical (unpaired) electrons. The van der Waals surface area contributed by atoms with Gasteiger partial charge in [0.15, 0.2) is 6.29 Å². The molecule has 0 unspecified atom stereocenters. The van der Waals surface area contributed by atoms with Crippen LogP contribution in [0.15, 0.2) is 0 Å². The molecule has 15 heavy (non-hydrogen) atoms. The number of alkyl halides is 1. The predicted octanol–water partition coefficient (Wildman–Crippen LogP) is 1.68. The molecule has 0 fully saturated rings. The van der Waals surface area contributed by atoms with Crippen molar-refractivity contribution in [1.82, 2.24) is 5.32 Å². The highest BCUT2D eigenvalue weighted by Crippen LogP contribution is 1.97. The zero-order valence-corrected chi connectivity index (χ0v) is 11.0. The molecule has 4 nitrogen and oxygen atoms in total. The van der Waals surface area contributed by atoms with Crippen molar-refractivity contribution in [3.8, 4) is 0 Å². The van der Waals surface area contributed by atoms with Crippen molar-refractivity contribution < 1.29 is 14.3 Å². The maximum atomic E-state index is 11.0. The molecular formula is C10H20BrNO3. The van der Waals surface area contributed by atoms with Crippen LogP contribution in [0, 0.1) is 0 Å². The third-order valence-electron chi connectivity index (χ3n) is 1.60. The summed E-state index contributed by atoms with van der Waals surface area (Å²) in [5.74, 6) is -0.0554. The Morgan fingerprint density at radius 3 is 2.20 bits per heavy atom. The topological polar surface area (TPSA) is 47.6 Å². The zero-order valence-electron chi connectivity index (χ0n) is 9.42. The van der Waals surface area contributed by atoms with Gasteiger partial charge < -0.3 is 14.8 Å². The maximum Gasteiger partial charge on any atom is 0.230 e. The summed E-state index contributed by atoms with van der Waals surface area (Å²) in [7, 11) is 0. The minimum absolute atomic E-state index is 0.0554. The summed E-state index contributed by atoms with van der Waals surface area (Å²) in [6, 6.07) is 0. The normalized spacial score (nSPS) is 10.7. The van der Waals surface area contributed by atoms with Gasteiger partial charge in [0.05, 0.1) is 11.9 Å². The van der Waals surface area contributed by atoms with Gasteiger partial charge in [0.2, 0.25) is 5.91 Å². The van der Waals surface area contributed by atoms with Gasteiger partial charge >= 0.3 is 0 Å². The predicted molar refractivity (Wildman–Crippen MR) is 63.1 cm³/mol. The van der Waals surface area contributed by atoms with Crippen LogP contribution in [0.3, 0.4) is 0 Å². The second-order valence-electron chi connectivity index (χ2n) is 3.11. The highest BCUT2D eigenvalue weighted by atomic mass is 79.9. The third kappa shape index (κ3) is 8.84. The van der Waals surface area contributed by atoms with E-state index in [4.69, 9.17) is 9.47 Å². The summed E-state index contributed by atoms with van der Waals surface area (Å²) >= 11 is 3.08. The lowest BCUT2D eigenvalue weighted by Gasteiger charge is -2.18. The molecule has 0 atom stereocenters. The SMILES string of the molecule is CCCOC(CNC(=O)CBr)OCCC. The van der Waals surface area contributed by atoms with Crippen LogP contribution in [0.25, 0.3) is 0 Å². The van der Waals surface area contributed by atoms with Gasteiger partial charge in [-0.15, -0.1) is 0 Å². The van der Waals surface area contributed by atoms with E-state index in [1.807, 2.05) is 13.8 Å². The fourth-order valence-electron chi connectivity index (χ4n) is 0.909. The Kier molecular flexibility index (Phi) is 10.3. The van der Waals surface area contributed by atoms with Crippen LogP contribution in [-0.2, 0) is 14.3 Å². The minimum Gasteiger partial charge on any atom is -0.351 e. The quantitative estimate of drug-likeness (QED) is 0.517. The van der Waals surface area contributed by atoms with E-state index in [1.54, 1.807) is 0 Å². The smallest absolute Gasteiger partial charge is 0.230 e. The number of amides is 1. The number of ether oxygens (including phenoxy) is 2. The highest BCUT2D eigenvalue weighted by molar-refractivity contribution is 9.09. The summed E-state index contributed by atoms with van der Waals surface area (Å²) in [4.78, 5) is 11.0. The highest BCUT2D eigenvalue weighted by Gasteiger charge is 2.09. The molecule has 0 saturated heterocycles. The summed E-state index contributed by atoms with van der Waals surface area (Å²) in [6.07, 6.45) is 1.56. The molecule has 0 aliphatic rings. The van der Waals surface area contributed by atoms with E-state index in [0.717, 1.165) is 12.8 Å². The van der Waals surface area contributed by atoms with Gasteiger partial charge in [0, 0.05) is 13.2 Å². The van der Waals surface area contributed by atoms with E-state index >= 15 is 0 Å². The Balaban J connectivity index is 3.72. The maximum absolute atomic E-state index is 11.0. The Morgan fingerprint density at radius 1 is 1.27 bits per heavy atom. The van der Waals surface area contributed by atoms with Crippen LogP contribution in [0.5, 0.6) is 0 Å². The largest absolute Gasteiger partial charge is 0.351 e. The van der Waals surface area contributed by atoms with E-state index < -0.39 is 0 Å².